The Morgan fingerprint density at radius 2 is 1.67 bits per heavy atom. The molecule has 1 aliphatic heterocycles. The number of rotatable bonds is 3. The highest BCUT2D eigenvalue weighted by Crippen LogP contribution is 2.53. The number of anilines is 1. The normalized spacial score (nSPS) is 25.9. The summed E-state index contributed by atoms with van der Waals surface area (Å²) in [6.07, 6.45) is -1.95. The lowest BCUT2D eigenvalue weighted by Gasteiger charge is -2.36. The molecule has 1 N–H and O–H groups in total. The van der Waals surface area contributed by atoms with E-state index in [2.05, 4.69) is 5.32 Å². The number of carbonyl (C=O) groups excluding carboxylic acids is 3. The fraction of sp³-hybridized carbons (Fsp3) is 0.542. The number of hydrogen-bond acceptors (Lipinski definition) is 3. The van der Waals surface area contributed by atoms with Crippen molar-refractivity contribution in [3.05, 3.63) is 40.6 Å². The average molecular weight is 483 g/mol. The highest BCUT2D eigenvalue weighted by Gasteiger charge is 2.72. The van der Waals surface area contributed by atoms with Crippen LogP contribution in [-0.2, 0) is 14.4 Å². The lowest BCUT2D eigenvalue weighted by Crippen LogP contribution is -2.67. The Bertz CT molecular complexity index is 1030. The molecule has 0 aromatic heterocycles. The van der Waals surface area contributed by atoms with Crippen LogP contribution in [0.1, 0.15) is 58.8 Å². The zero-order valence-corrected chi connectivity index (χ0v) is 19.3. The molecule has 1 aromatic carbocycles. The number of benzene rings is 1. The number of hydrogen-bond donors (Lipinski definition) is 1. The van der Waals surface area contributed by atoms with Gasteiger partial charge in [-0.3, -0.25) is 19.3 Å². The summed E-state index contributed by atoms with van der Waals surface area (Å²) in [5.41, 5.74) is -4.54. The summed E-state index contributed by atoms with van der Waals surface area (Å²) in [5.74, 6) is -3.60. The predicted molar refractivity (Wildman–Crippen MR) is 117 cm³/mol. The van der Waals surface area contributed by atoms with E-state index >= 15 is 0 Å². The minimum Gasteiger partial charge on any atom is -0.330 e. The van der Waals surface area contributed by atoms with E-state index in [0.29, 0.717) is 17.9 Å². The van der Waals surface area contributed by atoms with E-state index in [0.717, 1.165) is 24.2 Å². The van der Waals surface area contributed by atoms with Crippen molar-refractivity contribution in [1.82, 2.24) is 5.32 Å². The second-order valence-corrected chi connectivity index (χ2v) is 10.4. The van der Waals surface area contributed by atoms with Crippen LogP contribution in [0.4, 0.5) is 18.9 Å². The van der Waals surface area contributed by atoms with Crippen molar-refractivity contribution >= 4 is 34.9 Å². The first-order valence-corrected chi connectivity index (χ1v) is 11.5. The molecule has 33 heavy (non-hydrogen) atoms. The van der Waals surface area contributed by atoms with Gasteiger partial charge in [-0.1, -0.05) is 44.7 Å². The van der Waals surface area contributed by atoms with Gasteiger partial charge >= 0.3 is 6.18 Å². The molecular weight excluding hydrogens is 457 g/mol. The highest BCUT2D eigenvalue weighted by atomic mass is 35.5. The van der Waals surface area contributed by atoms with Crippen LogP contribution in [0.2, 0.25) is 5.02 Å². The third kappa shape index (κ3) is 3.96. The third-order valence-electron chi connectivity index (χ3n) is 6.82. The topological polar surface area (TPSA) is 66.5 Å². The number of amides is 2. The van der Waals surface area contributed by atoms with Gasteiger partial charge in [-0.25, -0.2) is 0 Å². The Morgan fingerprint density at radius 3 is 2.24 bits per heavy atom. The van der Waals surface area contributed by atoms with E-state index in [1.54, 1.807) is 13.8 Å². The molecule has 0 saturated heterocycles. The van der Waals surface area contributed by atoms with Crippen molar-refractivity contribution in [2.75, 3.05) is 4.90 Å². The van der Waals surface area contributed by atoms with Gasteiger partial charge in [0.2, 0.25) is 11.4 Å². The maximum absolute atomic E-state index is 14.8. The van der Waals surface area contributed by atoms with E-state index in [-0.39, 0.29) is 24.2 Å². The second-order valence-electron chi connectivity index (χ2n) is 9.95. The van der Waals surface area contributed by atoms with Gasteiger partial charge in [0, 0.05) is 28.7 Å². The van der Waals surface area contributed by atoms with Gasteiger partial charge in [0.05, 0.1) is 5.57 Å². The predicted octanol–water partition coefficient (Wildman–Crippen LogP) is 5.33. The minimum atomic E-state index is -5.20. The Morgan fingerprint density at radius 1 is 1.06 bits per heavy atom. The fourth-order valence-corrected chi connectivity index (χ4v) is 5.39. The quantitative estimate of drug-likeness (QED) is 0.633. The molecule has 5 nitrogen and oxygen atoms in total. The van der Waals surface area contributed by atoms with Crippen LogP contribution < -0.4 is 10.2 Å². The number of halogens is 4. The summed E-state index contributed by atoms with van der Waals surface area (Å²) < 4.78 is 44.4. The monoisotopic (exact) mass is 482 g/mol. The standard InChI is InChI=1S/C24H26ClF3N2O3/c1-22(2)12-17-19(18(31)13-22)23(24(26,27)28,29-20(32)14-6-4-3-5-7-14)21(33)30(17)16-10-8-15(25)9-11-16/h8-11,14H,3-7,12-13H2,1-2H3,(H,29,32)/t23-/m1/s1. The number of allylic oxidation sites excluding steroid dienone is 1. The van der Waals surface area contributed by atoms with Crippen molar-refractivity contribution in [3.8, 4) is 0 Å². The van der Waals surface area contributed by atoms with Crippen LogP contribution in [0.15, 0.2) is 35.5 Å². The van der Waals surface area contributed by atoms with Crippen molar-refractivity contribution in [2.45, 2.75) is 70.5 Å². The van der Waals surface area contributed by atoms with Gasteiger partial charge in [0.25, 0.3) is 5.91 Å². The molecule has 9 heteroatoms. The number of nitrogens with one attached hydrogen (secondary N) is 1. The maximum Gasteiger partial charge on any atom is 0.425 e. The summed E-state index contributed by atoms with van der Waals surface area (Å²) in [4.78, 5) is 40.8. The van der Waals surface area contributed by atoms with Gasteiger partial charge in [-0.05, 0) is 48.9 Å². The Kier molecular flexibility index (Phi) is 5.88. The van der Waals surface area contributed by atoms with E-state index in [1.807, 2.05) is 0 Å². The Labute approximate surface area is 195 Å². The lowest BCUT2D eigenvalue weighted by atomic mass is 9.72. The van der Waals surface area contributed by atoms with Crippen molar-refractivity contribution in [1.29, 1.82) is 0 Å². The summed E-state index contributed by atoms with van der Waals surface area (Å²) >= 11 is 5.94. The number of carbonyl (C=O) groups is 3. The van der Waals surface area contributed by atoms with Gasteiger partial charge in [-0.15, -0.1) is 0 Å². The van der Waals surface area contributed by atoms with Crippen molar-refractivity contribution in [3.63, 3.8) is 0 Å². The molecule has 1 fully saturated rings. The molecule has 0 unspecified atom stereocenters. The summed E-state index contributed by atoms with van der Waals surface area (Å²) in [6, 6.07) is 5.81. The maximum atomic E-state index is 14.8. The summed E-state index contributed by atoms with van der Waals surface area (Å²) in [6.45, 7) is 3.54. The zero-order chi connectivity index (χ0) is 24.2. The summed E-state index contributed by atoms with van der Waals surface area (Å²) in [5, 5.41) is 2.41. The van der Waals surface area contributed by atoms with Crippen LogP contribution >= 0.6 is 11.6 Å². The first kappa shape index (κ1) is 23.8. The molecule has 2 aliphatic carbocycles. The molecule has 1 saturated carbocycles. The Balaban J connectivity index is 1.88. The number of ketones is 1. The molecule has 0 spiro atoms. The van der Waals surface area contributed by atoms with E-state index < -0.39 is 46.2 Å². The second kappa shape index (κ2) is 8.15. The molecular formula is C24H26ClF3N2O3. The van der Waals surface area contributed by atoms with Gasteiger partial charge in [0.1, 0.15) is 0 Å². The van der Waals surface area contributed by atoms with Crippen LogP contribution in [0.5, 0.6) is 0 Å². The number of nitrogens with zero attached hydrogens (tertiary/aromatic N) is 1. The van der Waals surface area contributed by atoms with Crippen LogP contribution in [0.3, 0.4) is 0 Å². The van der Waals surface area contributed by atoms with Crippen LogP contribution in [0.25, 0.3) is 0 Å². The highest BCUT2D eigenvalue weighted by molar-refractivity contribution is 6.30. The van der Waals surface area contributed by atoms with E-state index in [4.69, 9.17) is 11.6 Å². The molecule has 1 aromatic rings. The molecule has 0 radical (unpaired) electrons. The zero-order valence-electron chi connectivity index (χ0n) is 18.5. The first-order valence-electron chi connectivity index (χ1n) is 11.1. The molecule has 0 bridgehead atoms. The fourth-order valence-electron chi connectivity index (χ4n) is 5.27. The van der Waals surface area contributed by atoms with E-state index in [1.165, 1.54) is 24.3 Å². The number of Topliss-reactive ketones (excluding diaryl/α,β-unsaturated/α-hetero) is 1. The lowest BCUT2D eigenvalue weighted by molar-refractivity contribution is -0.191. The third-order valence-corrected chi connectivity index (χ3v) is 7.07. The first-order chi connectivity index (χ1) is 15.4. The van der Waals surface area contributed by atoms with Crippen LogP contribution in [-0.4, -0.2) is 29.3 Å². The number of alkyl halides is 3. The molecule has 178 valence electrons. The van der Waals surface area contributed by atoms with Crippen molar-refractivity contribution < 1.29 is 27.6 Å². The molecule has 1 atom stereocenters. The van der Waals surface area contributed by atoms with Gasteiger partial charge < -0.3 is 5.32 Å². The summed E-state index contributed by atoms with van der Waals surface area (Å²) in [7, 11) is 0. The Hall–Kier alpha value is -2.35. The van der Waals surface area contributed by atoms with Crippen LogP contribution in [0, 0.1) is 11.3 Å². The van der Waals surface area contributed by atoms with E-state index in [9.17, 15) is 27.6 Å². The van der Waals surface area contributed by atoms with Gasteiger partial charge in [0.15, 0.2) is 5.78 Å². The minimum absolute atomic E-state index is 0.00941. The SMILES string of the molecule is CC1(C)CC(=O)C2=C(C1)N(c1ccc(Cl)cc1)C(=O)[C@@]2(NC(=O)C1CCCCC1)C(F)(F)F. The smallest absolute Gasteiger partial charge is 0.330 e. The molecule has 2 amide bonds. The van der Waals surface area contributed by atoms with Crippen molar-refractivity contribution in [2.24, 2.45) is 11.3 Å². The molecule has 3 aliphatic rings. The molecule has 4 rings (SSSR count). The molecule has 1 heterocycles. The van der Waals surface area contributed by atoms with Gasteiger partial charge in [-0.2, -0.15) is 13.2 Å². The average Bonchev–Trinajstić information content (AvgIpc) is 2.97. The largest absolute Gasteiger partial charge is 0.425 e.